The molecule has 0 aromatic heterocycles. The van der Waals surface area contributed by atoms with Crippen LogP contribution >= 0.6 is 12.4 Å². The van der Waals surface area contributed by atoms with Gasteiger partial charge in [-0.15, -0.1) is 12.4 Å². The third-order valence-electron chi connectivity index (χ3n) is 3.87. The molecule has 1 aliphatic rings. The number of carbonyl (C=O) groups excluding carboxylic acids is 1. The van der Waals surface area contributed by atoms with Gasteiger partial charge in [-0.3, -0.25) is 4.79 Å². The van der Waals surface area contributed by atoms with E-state index in [2.05, 4.69) is 5.32 Å². The second-order valence-electron chi connectivity index (χ2n) is 6.21. The Bertz CT molecular complexity index is 671. The fourth-order valence-corrected chi connectivity index (χ4v) is 4.21. The standard InChI is InChI=1S/C16H25N3O4S.ClH/c1-11(8-17)18-16(20)14-4-6-15(7-5-14)24(21,22)19-9-12(2)23-13(3)10-19;/h4-7,11-13H,8-10,17H2,1-3H3,(H,18,20);1H/t11-,12?,13?;/m0./s1. The third-order valence-corrected chi connectivity index (χ3v) is 5.72. The maximum absolute atomic E-state index is 12.7. The van der Waals surface area contributed by atoms with Crippen molar-refractivity contribution in [2.75, 3.05) is 19.6 Å². The van der Waals surface area contributed by atoms with Crippen LogP contribution in [0, 0.1) is 0 Å². The van der Waals surface area contributed by atoms with Crippen molar-refractivity contribution in [1.82, 2.24) is 9.62 Å². The average Bonchev–Trinajstić information content (AvgIpc) is 2.53. The number of benzene rings is 1. The summed E-state index contributed by atoms with van der Waals surface area (Å²) in [5, 5.41) is 2.74. The molecule has 1 amide bonds. The first-order chi connectivity index (χ1) is 11.2. The Morgan fingerprint density at radius 1 is 1.28 bits per heavy atom. The highest BCUT2D eigenvalue weighted by Crippen LogP contribution is 2.21. The van der Waals surface area contributed by atoms with Crippen LogP contribution in [0.3, 0.4) is 0 Å². The molecule has 142 valence electrons. The molecule has 2 rings (SSSR count). The van der Waals surface area contributed by atoms with Crippen LogP contribution in [-0.4, -0.2) is 56.5 Å². The fraction of sp³-hybridized carbons (Fsp3) is 0.562. The number of carbonyl (C=O) groups is 1. The molecule has 1 heterocycles. The minimum Gasteiger partial charge on any atom is -0.373 e. The van der Waals surface area contributed by atoms with Crippen molar-refractivity contribution in [2.45, 2.75) is 43.9 Å². The van der Waals surface area contributed by atoms with E-state index in [0.717, 1.165) is 0 Å². The lowest BCUT2D eigenvalue weighted by Gasteiger charge is -2.34. The van der Waals surface area contributed by atoms with Crippen LogP contribution in [0.5, 0.6) is 0 Å². The molecule has 0 bridgehead atoms. The molecule has 3 N–H and O–H groups in total. The predicted octanol–water partition coefficient (Wildman–Crippen LogP) is 0.983. The van der Waals surface area contributed by atoms with E-state index < -0.39 is 10.0 Å². The monoisotopic (exact) mass is 391 g/mol. The SMILES string of the molecule is CC1CN(S(=O)(=O)c2ccc(C(=O)N[C@@H](C)CN)cc2)CC(C)O1.Cl. The number of rotatable bonds is 5. The van der Waals surface area contributed by atoms with E-state index in [1.165, 1.54) is 28.6 Å². The molecule has 0 spiro atoms. The third kappa shape index (κ3) is 5.39. The van der Waals surface area contributed by atoms with Crippen molar-refractivity contribution in [3.8, 4) is 0 Å². The van der Waals surface area contributed by atoms with Crippen LogP contribution in [0.4, 0.5) is 0 Å². The molecule has 25 heavy (non-hydrogen) atoms. The lowest BCUT2D eigenvalue weighted by atomic mass is 10.2. The molecule has 0 radical (unpaired) electrons. The van der Waals surface area contributed by atoms with Crippen LogP contribution in [0.1, 0.15) is 31.1 Å². The van der Waals surface area contributed by atoms with Gasteiger partial charge in [-0.2, -0.15) is 4.31 Å². The van der Waals surface area contributed by atoms with Gasteiger partial charge in [0.05, 0.1) is 17.1 Å². The Labute approximate surface area is 155 Å². The lowest BCUT2D eigenvalue weighted by Crippen LogP contribution is -2.48. The van der Waals surface area contributed by atoms with Gasteiger partial charge in [0.25, 0.3) is 5.91 Å². The van der Waals surface area contributed by atoms with E-state index in [4.69, 9.17) is 10.5 Å². The molecular weight excluding hydrogens is 366 g/mol. The topological polar surface area (TPSA) is 102 Å². The van der Waals surface area contributed by atoms with E-state index in [1.807, 2.05) is 13.8 Å². The molecule has 1 aromatic rings. The quantitative estimate of drug-likeness (QED) is 0.779. The zero-order valence-corrected chi connectivity index (χ0v) is 16.3. The average molecular weight is 392 g/mol. The summed E-state index contributed by atoms with van der Waals surface area (Å²) in [5.41, 5.74) is 5.88. The van der Waals surface area contributed by atoms with Crippen molar-refractivity contribution >= 4 is 28.3 Å². The summed E-state index contributed by atoms with van der Waals surface area (Å²) in [6.45, 7) is 6.49. The van der Waals surface area contributed by atoms with Gasteiger partial charge < -0.3 is 15.8 Å². The number of nitrogens with two attached hydrogens (primary N) is 1. The second kappa shape index (κ2) is 8.95. The van der Waals surface area contributed by atoms with Crippen molar-refractivity contribution in [3.05, 3.63) is 29.8 Å². The zero-order chi connectivity index (χ0) is 17.9. The number of sulfonamides is 1. The van der Waals surface area contributed by atoms with Gasteiger partial charge in [-0.1, -0.05) is 0 Å². The van der Waals surface area contributed by atoms with Crippen LogP contribution in [0.2, 0.25) is 0 Å². The van der Waals surface area contributed by atoms with Gasteiger partial charge in [-0.25, -0.2) is 8.42 Å². The number of amides is 1. The van der Waals surface area contributed by atoms with Crippen molar-refractivity contribution in [2.24, 2.45) is 5.73 Å². The second-order valence-corrected chi connectivity index (χ2v) is 8.15. The van der Waals surface area contributed by atoms with Gasteiger partial charge >= 0.3 is 0 Å². The fourth-order valence-electron chi connectivity index (χ4n) is 2.62. The first-order valence-electron chi connectivity index (χ1n) is 8.00. The molecule has 1 aromatic carbocycles. The smallest absolute Gasteiger partial charge is 0.251 e. The van der Waals surface area contributed by atoms with Crippen LogP contribution in [0.15, 0.2) is 29.2 Å². The molecule has 7 nitrogen and oxygen atoms in total. The highest BCUT2D eigenvalue weighted by atomic mass is 35.5. The Kier molecular flexibility index (Phi) is 7.83. The van der Waals surface area contributed by atoms with Crippen LogP contribution in [0.25, 0.3) is 0 Å². The number of halogens is 1. The largest absolute Gasteiger partial charge is 0.373 e. The minimum absolute atomic E-state index is 0. The Morgan fingerprint density at radius 3 is 2.28 bits per heavy atom. The van der Waals surface area contributed by atoms with Gasteiger partial charge in [0.2, 0.25) is 10.0 Å². The number of ether oxygens (including phenoxy) is 1. The van der Waals surface area contributed by atoms with Crippen molar-refractivity contribution in [1.29, 1.82) is 0 Å². The van der Waals surface area contributed by atoms with Crippen LogP contribution < -0.4 is 11.1 Å². The predicted molar refractivity (Wildman–Crippen MR) is 98.4 cm³/mol. The summed E-state index contributed by atoms with van der Waals surface area (Å²) < 4.78 is 32.5. The van der Waals surface area contributed by atoms with E-state index in [-0.39, 0.29) is 41.5 Å². The molecule has 1 saturated heterocycles. The summed E-state index contributed by atoms with van der Waals surface area (Å²) in [5.74, 6) is -0.273. The number of morpholine rings is 1. The molecule has 1 aliphatic heterocycles. The molecule has 9 heteroatoms. The normalized spacial score (nSPS) is 22.7. The van der Waals surface area contributed by atoms with E-state index in [0.29, 0.717) is 25.2 Å². The summed E-state index contributed by atoms with van der Waals surface area (Å²) in [4.78, 5) is 12.2. The summed E-state index contributed by atoms with van der Waals surface area (Å²) in [6.07, 6.45) is -0.294. The maximum Gasteiger partial charge on any atom is 0.251 e. The molecule has 3 atom stereocenters. The van der Waals surface area contributed by atoms with Gasteiger partial charge in [0, 0.05) is 31.2 Å². The first-order valence-corrected chi connectivity index (χ1v) is 9.44. The van der Waals surface area contributed by atoms with Crippen LogP contribution in [-0.2, 0) is 14.8 Å². The number of nitrogens with one attached hydrogen (secondary N) is 1. The van der Waals surface area contributed by atoms with E-state index >= 15 is 0 Å². The minimum atomic E-state index is -3.60. The molecule has 0 saturated carbocycles. The van der Waals surface area contributed by atoms with Crippen molar-refractivity contribution < 1.29 is 17.9 Å². The number of hydrogen-bond acceptors (Lipinski definition) is 5. The highest BCUT2D eigenvalue weighted by molar-refractivity contribution is 7.89. The van der Waals surface area contributed by atoms with Gasteiger partial charge in [0.15, 0.2) is 0 Å². The Balaban J connectivity index is 0.00000312. The Hall–Kier alpha value is -1.19. The van der Waals surface area contributed by atoms with Gasteiger partial charge in [0.1, 0.15) is 0 Å². The number of hydrogen-bond donors (Lipinski definition) is 2. The maximum atomic E-state index is 12.7. The van der Waals surface area contributed by atoms with E-state index in [1.54, 1.807) is 6.92 Å². The molecule has 0 aliphatic carbocycles. The van der Waals surface area contributed by atoms with Gasteiger partial charge in [-0.05, 0) is 45.0 Å². The summed E-state index contributed by atoms with van der Waals surface area (Å²) >= 11 is 0. The zero-order valence-electron chi connectivity index (χ0n) is 14.6. The van der Waals surface area contributed by atoms with E-state index in [9.17, 15) is 13.2 Å². The molecule has 1 fully saturated rings. The Morgan fingerprint density at radius 2 is 1.80 bits per heavy atom. The first kappa shape index (κ1) is 21.9. The number of nitrogens with zero attached hydrogens (tertiary/aromatic N) is 1. The molecular formula is C16H26ClN3O4S. The highest BCUT2D eigenvalue weighted by Gasteiger charge is 2.32. The van der Waals surface area contributed by atoms with Crippen molar-refractivity contribution in [3.63, 3.8) is 0 Å². The summed E-state index contributed by atoms with van der Waals surface area (Å²) in [6, 6.07) is 5.80. The lowest BCUT2D eigenvalue weighted by molar-refractivity contribution is -0.0440. The molecule has 2 unspecified atom stereocenters. The summed E-state index contributed by atoms with van der Waals surface area (Å²) in [7, 11) is -3.60.